The molecule has 3 saturated heterocycles. The molecule has 262 valence electrons. The van der Waals surface area contributed by atoms with Crippen molar-refractivity contribution >= 4 is 11.8 Å². The van der Waals surface area contributed by atoms with E-state index in [1.807, 2.05) is 48.5 Å². The molecule has 2 bridgehead atoms. The molecule has 4 fully saturated rings. The number of aliphatic hydroxyl groups is 1. The number of hydrogen-bond donors (Lipinski definition) is 2. The normalized spacial score (nSPS) is 32.0. The van der Waals surface area contributed by atoms with Crippen LogP contribution in [0.4, 0.5) is 13.2 Å². The molecule has 1 aliphatic carbocycles. The molecule has 8 nitrogen and oxygen atoms in total. The molecule has 3 heterocycles. The van der Waals surface area contributed by atoms with E-state index in [0.717, 1.165) is 35.3 Å². The van der Waals surface area contributed by atoms with Crippen molar-refractivity contribution in [3.8, 4) is 0 Å². The molecular formula is C37H48F3N3O5. The third-order valence-electron chi connectivity index (χ3n) is 10.8. The molecule has 2 amide bonds. The Labute approximate surface area is 280 Å². The van der Waals surface area contributed by atoms with Crippen LogP contribution in [0.2, 0.25) is 0 Å². The molecule has 3 aliphatic heterocycles. The fourth-order valence-electron chi connectivity index (χ4n) is 8.89. The maximum Gasteiger partial charge on any atom is 0.471 e. The van der Waals surface area contributed by atoms with Crippen molar-refractivity contribution in [2.24, 2.45) is 16.7 Å². The first-order valence-corrected chi connectivity index (χ1v) is 17.1. The molecule has 48 heavy (non-hydrogen) atoms. The van der Waals surface area contributed by atoms with Gasteiger partial charge in [-0.25, -0.2) is 0 Å². The Kier molecular flexibility index (Phi) is 9.72. The van der Waals surface area contributed by atoms with Crippen LogP contribution in [0.5, 0.6) is 0 Å². The van der Waals surface area contributed by atoms with E-state index in [2.05, 4.69) is 37.9 Å². The Balaban J connectivity index is 1.15. The Morgan fingerprint density at radius 2 is 1.65 bits per heavy atom. The van der Waals surface area contributed by atoms with Gasteiger partial charge in [-0.1, -0.05) is 76.2 Å². The van der Waals surface area contributed by atoms with Gasteiger partial charge in [0.15, 0.2) is 6.29 Å². The first-order chi connectivity index (χ1) is 22.6. The van der Waals surface area contributed by atoms with Crippen molar-refractivity contribution in [3.63, 3.8) is 0 Å². The van der Waals surface area contributed by atoms with E-state index in [4.69, 9.17) is 9.47 Å². The van der Waals surface area contributed by atoms with E-state index < -0.39 is 30.3 Å². The quantitative estimate of drug-likeness (QED) is 0.356. The molecule has 4 aliphatic rings. The zero-order valence-corrected chi connectivity index (χ0v) is 28.3. The van der Waals surface area contributed by atoms with Gasteiger partial charge in [-0.15, -0.1) is 0 Å². The number of ether oxygens (including phenoxy) is 2. The number of carbonyl (C=O) groups is 2. The summed E-state index contributed by atoms with van der Waals surface area (Å²) in [5.74, 6) is -2.50. The van der Waals surface area contributed by atoms with Crippen LogP contribution in [-0.4, -0.2) is 70.7 Å². The van der Waals surface area contributed by atoms with Crippen LogP contribution in [-0.2, 0) is 32.2 Å². The second kappa shape index (κ2) is 13.4. The zero-order valence-electron chi connectivity index (χ0n) is 28.3. The summed E-state index contributed by atoms with van der Waals surface area (Å²) in [4.78, 5) is 27.8. The maximum atomic E-state index is 13.0. The van der Waals surface area contributed by atoms with Crippen LogP contribution in [0, 0.1) is 16.7 Å². The Morgan fingerprint density at radius 3 is 2.31 bits per heavy atom. The number of hydrogen-bond acceptors (Lipinski definition) is 6. The fourth-order valence-corrected chi connectivity index (χ4v) is 8.89. The van der Waals surface area contributed by atoms with Crippen molar-refractivity contribution < 1.29 is 37.3 Å². The van der Waals surface area contributed by atoms with Gasteiger partial charge in [0, 0.05) is 43.7 Å². The van der Waals surface area contributed by atoms with E-state index in [0.29, 0.717) is 28.2 Å². The van der Waals surface area contributed by atoms with Crippen LogP contribution in [0.1, 0.15) is 94.4 Å². The summed E-state index contributed by atoms with van der Waals surface area (Å²) in [6, 6.07) is 14.7. The second-order valence-electron chi connectivity index (χ2n) is 15.6. The van der Waals surface area contributed by atoms with Crippen molar-refractivity contribution in [2.75, 3.05) is 19.6 Å². The van der Waals surface area contributed by atoms with Crippen LogP contribution in [0.3, 0.4) is 0 Å². The largest absolute Gasteiger partial charge is 0.471 e. The number of amides is 2. The minimum Gasteiger partial charge on any atom is -0.392 e. The molecular weight excluding hydrogens is 623 g/mol. The molecule has 0 aromatic heterocycles. The van der Waals surface area contributed by atoms with E-state index in [9.17, 15) is 27.9 Å². The molecule has 11 heteroatoms. The van der Waals surface area contributed by atoms with Crippen LogP contribution >= 0.6 is 0 Å². The summed E-state index contributed by atoms with van der Waals surface area (Å²) in [6.45, 7) is 11.2. The highest BCUT2D eigenvalue weighted by Crippen LogP contribution is 2.53. The summed E-state index contributed by atoms with van der Waals surface area (Å²) >= 11 is 0. The van der Waals surface area contributed by atoms with Crippen molar-refractivity contribution in [3.05, 3.63) is 70.8 Å². The average molecular weight is 672 g/mol. The van der Waals surface area contributed by atoms with Gasteiger partial charge in [-0.3, -0.25) is 14.5 Å². The van der Waals surface area contributed by atoms with Gasteiger partial charge in [-0.05, 0) is 59.6 Å². The number of rotatable bonds is 8. The van der Waals surface area contributed by atoms with Crippen molar-refractivity contribution in [2.45, 2.75) is 110 Å². The number of halogens is 3. The molecule has 0 spiro atoms. The first kappa shape index (κ1) is 34.9. The van der Waals surface area contributed by atoms with Gasteiger partial charge in [-0.2, -0.15) is 13.2 Å². The van der Waals surface area contributed by atoms with Gasteiger partial charge < -0.3 is 24.8 Å². The van der Waals surface area contributed by atoms with Crippen molar-refractivity contribution in [1.29, 1.82) is 0 Å². The lowest BCUT2D eigenvalue weighted by Gasteiger charge is -2.43. The molecule has 2 aromatic carbocycles. The summed E-state index contributed by atoms with van der Waals surface area (Å²) in [6.07, 6.45) is -1.83. The summed E-state index contributed by atoms with van der Waals surface area (Å²) in [7, 11) is 0. The van der Waals surface area contributed by atoms with E-state index in [1.54, 1.807) is 0 Å². The van der Waals surface area contributed by atoms with Crippen LogP contribution in [0.25, 0.3) is 0 Å². The predicted molar refractivity (Wildman–Crippen MR) is 173 cm³/mol. The molecule has 7 unspecified atom stereocenters. The number of benzene rings is 2. The number of likely N-dealkylation sites (tertiary alicyclic amines) is 2. The Hall–Kier alpha value is -2.99. The SMILES string of the molecule is CC1C(CN2CC3(C)CC2CC(C)(C)C3)OC(c2ccc(CNC(=O)C3CCCN3C(=O)C(F)(F)F)cc2)OC1c1ccc(CO)cc1. The predicted octanol–water partition coefficient (Wildman–Crippen LogP) is 6.04. The number of carbonyl (C=O) groups excluding carboxylic acids is 2. The van der Waals surface area contributed by atoms with Gasteiger partial charge in [0.2, 0.25) is 5.91 Å². The maximum absolute atomic E-state index is 13.0. The minimum atomic E-state index is -5.01. The summed E-state index contributed by atoms with van der Waals surface area (Å²) in [5.41, 5.74) is 4.06. The number of alkyl halides is 3. The smallest absolute Gasteiger partial charge is 0.392 e. The standard InChI is InChI=1S/C37H48F3N3O5/c1-23-30(19-42-22-36(4)17-28(42)16-35(2,3)21-36)47-33(48-31(23)26-11-9-25(20-44)10-12-26)27-13-7-24(8-14-27)18-41-32(45)29-6-5-15-43(29)34(46)37(38,39)40/h7-14,23,28-31,33,44H,5-6,15-22H2,1-4H3,(H,41,45). The van der Waals surface area contributed by atoms with Crippen molar-refractivity contribution in [1.82, 2.24) is 15.1 Å². The minimum absolute atomic E-state index is 0.0292. The highest BCUT2D eigenvalue weighted by Gasteiger charge is 2.51. The first-order valence-electron chi connectivity index (χ1n) is 17.1. The number of nitrogens with one attached hydrogen (secondary N) is 1. The third-order valence-corrected chi connectivity index (χ3v) is 10.8. The molecule has 7 atom stereocenters. The van der Waals surface area contributed by atoms with Crippen LogP contribution in [0.15, 0.2) is 48.5 Å². The average Bonchev–Trinajstić information content (AvgIpc) is 3.61. The lowest BCUT2D eigenvalue weighted by molar-refractivity contribution is -0.276. The van der Waals surface area contributed by atoms with E-state index in [-0.39, 0.29) is 44.2 Å². The molecule has 6 rings (SSSR count). The number of nitrogens with zero attached hydrogens (tertiary/aromatic N) is 2. The Bertz CT molecular complexity index is 1470. The molecule has 2 aromatic rings. The molecule has 2 N–H and O–H groups in total. The zero-order chi connectivity index (χ0) is 34.4. The van der Waals surface area contributed by atoms with Gasteiger partial charge in [0.1, 0.15) is 6.04 Å². The number of fused-ring (bicyclic) bond motifs is 2. The monoisotopic (exact) mass is 671 g/mol. The van der Waals surface area contributed by atoms with E-state index >= 15 is 0 Å². The summed E-state index contributed by atoms with van der Waals surface area (Å²) < 4.78 is 52.4. The number of aliphatic hydroxyl groups excluding tert-OH is 1. The fraction of sp³-hybridized carbons (Fsp3) is 0.622. The lowest BCUT2D eigenvalue weighted by atomic mass is 9.65. The van der Waals surface area contributed by atoms with Gasteiger partial charge >= 0.3 is 12.1 Å². The highest BCUT2D eigenvalue weighted by molar-refractivity contribution is 5.90. The molecule has 1 saturated carbocycles. The second-order valence-corrected chi connectivity index (χ2v) is 15.6. The van der Waals surface area contributed by atoms with Gasteiger partial charge in [0.05, 0.1) is 18.8 Å². The Morgan fingerprint density at radius 1 is 0.979 bits per heavy atom. The van der Waals surface area contributed by atoms with E-state index in [1.165, 1.54) is 19.3 Å². The third kappa shape index (κ3) is 7.44. The van der Waals surface area contributed by atoms with Crippen LogP contribution < -0.4 is 5.32 Å². The topological polar surface area (TPSA) is 91.3 Å². The van der Waals surface area contributed by atoms with Gasteiger partial charge in [0.25, 0.3) is 0 Å². The summed E-state index contributed by atoms with van der Waals surface area (Å²) in [5, 5.41) is 12.3. The molecule has 0 radical (unpaired) electrons. The lowest BCUT2D eigenvalue weighted by Crippen LogP contribution is -2.50. The highest BCUT2D eigenvalue weighted by atomic mass is 19.4.